The minimum absolute atomic E-state index is 0.0000850. The number of ketones is 1. The quantitative estimate of drug-likeness (QED) is 0.294. The van der Waals surface area contributed by atoms with Gasteiger partial charge in [-0.15, -0.1) is 0 Å². The van der Waals surface area contributed by atoms with Crippen molar-refractivity contribution in [2.24, 2.45) is 10.6 Å². The number of nitrogens with zero attached hydrogens (tertiary/aromatic N) is 2. The second-order valence-electron chi connectivity index (χ2n) is 14.1. The Balaban J connectivity index is 2.01. The van der Waals surface area contributed by atoms with Gasteiger partial charge >= 0.3 is 6.09 Å². The number of carbonyl (C=O) groups excluding carboxylic acids is 5. The fraction of sp³-hybridized carbons (Fsp3) is 0.636. The number of carbonyl (C=O) groups is 5. The standard InChI is InChI=1S/C33H48ClN5O9/c1-11-12-20(25(40)28(42)35-8)36-27(41)22-16-33(15-21(38-48-33)18-13-19(34)24(46-10)14-23(18)45-9)17-39(22)29(43)26(31(2,3)4)37-30(44)47-32(5,6)7/h13-14,20,22,26H,11-12,15-17H2,1-10H3,(H,35,42)(H,36,41)(H,37,44)/t20-,22-,26+,33+/m0/s1. The average molecular weight is 694 g/mol. The van der Waals surface area contributed by atoms with Crippen molar-refractivity contribution in [3.8, 4) is 11.5 Å². The van der Waals surface area contributed by atoms with Crippen LogP contribution in [0.1, 0.15) is 79.7 Å². The van der Waals surface area contributed by atoms with Crippen LogP contribution in [-0.4, -0.2) is 97.3 Å². The molecule has 1 aromatic carbocycles. The van der Waals surface area contributed by atoms with E-state index in [1.54, 1.807) is 53.7 Å². The number of likely N-dealkylation sites (tertiary alicyclic amines) is 1. The molecule has 0 aromatic heterocycles. The van der Waals surface area contributed by atoms with Gasteiger partial charge < -0.3 is 39.9 Å². The van der Waals surface area contributed by atoms with E-state index >= 15 is 0 Å². The number of alkyl carbamates (subject to hydrolysis) is 1. The molecule has 0 aliphatic carbocycles. The summed E-state index contributed by atoms with van der Waals surface area (Å²) in [6, 6.07) is -0.104. The Kier molecular flexibility index (Phi) is 12.0. The molecule has 1 spiro atoms. The maximum absolute atomic E-state index is 14.4. The molecule has 14 nitrogen and oxygen atoms in total. The van der Waals surface area contributed by atoms with Crippen LogP contribution in [0.15, 0.2) is 17.3 Å². The van der Waals surface area contributed by atoms with Crippen molar-refractivity contribution >= 4 is 46.9 Å². The predicted octanol–water partition coefficient (Wildman–Crippen LogP) is 3.36. The fourth-order valence-corrected chi connectivity index (χ4v) is 5.95. The van der Waals surface area contributed by atoms with Gasteiger partial charge in [0, 0.05) is 31.5 Å². The van der Waals surface area contributed by atoms with E-state index in [9.17, 15) is 24.0 Å². The number of methoxy groups -OCH3 is 2. The Morgan fingerprint density at radius 3 is 2.25 bits per heavy atom. The van der Waals surface area contributed by atoms with Crippen molar-refractivity contribution in [2.45, 2.75) is 103 Å². The van der Waals surface area contributed by atoms with E-state index in [-0.39, 0.29) is 25.8 Å². The number of rotatable bonds is 11. The third-order valence-electron chi connectivity index (χ3n) is 8.04. The lowest BCUT2D eigenvalue weighted by molar-refractivity contribution is -0.144. The maximum Gasteiger partial charge on any atom is 0.408 e. The summed E-state index contributed by atoms with van der Waals surface area (Å²) in [5, 5.41) is 12.4. The summed E-state index contributed by atoms with van der Waals surface area (Å²) in [5.41, 5.74) is -1.76. The minimum Gasteiger partial charge on any atom is -0.496 e. The molecule has 2 aliphatic rings. The zero-order chi connectivity index (χ0) is 36.2. The lowest BCUT2D eigenvalue weighted by Crippen LogP contribution is -2.59. The number of Topliss-reactive ketones (excluding diaryl/α,β-unsaturated/α-hetero) is 1. The molecule has 1 saturated heterocycles. The van der Waals surface area contributed by atoms with Crippen LogP contribution in [-0.2, 0) is 28.8 Å². The predicted molar refractivity (Wildman–Crippen MR) is 178 cm³/mol. The highest BCUT2D eigenvalue weighted by molar-refractivity contribution is 6.38. The highest BCUT2D eigenvalue weighted by atomic mass is 35.5. The van der Waals surface area contributed by atoms with Gasteiger partial charge in [0.05, 0.1) is 37.5 Å². The van der Waals surface area contributed by atoms with E-state index in [2.05, 4.69) is 21.1 Å². The molecule has 3 rings (SSSR count). The van der Waals surface area contributed by atoms with E-state index in [4.69, 9.17) is 30.6 Å². The molecule has 2 heterocycles. The number of amides is 4. The molecular weight excluding hydrogens is 646 g/mol. The van der Waals surface area contributed by atoms with Crippen LogP contribution >= 0.6 is 11.6 Å². The molecule has 0 bridgehead atoms. The number of benzene rings is 1. The molecule has 1 fully saturated rings. The molecule has 4 amide bonds. The zero-order valence-electron chi connectivity index (χ0n) is 29.4. The summed E-state index contributed by atoms with van der Waals surface area (Å²) >= 11 is 6.43. The lowest BCUT2D eigenvalue weighted by atomic mass is 9.85. The van der Waals surface area contributed by atoms with Gasteiger partial charge in [0.15, 0.2) is 5.60 Å². The van der Waals surface area contributed by atoms with E-state index in [0.29, 0.717) is 34.2 Å². The van der Waals surface area contributed by atoms with Crippen LogP contribution in [0, 0.1) is 5.41 Å². The number of halogens is 1. The molecule has 3 N–H and O–H groups in total. The smallest absolute Gasteiger partial charge is 0.408 e. The summed E-state index contributed by atoms with van der Waals surface area (Å²) in [4.78, 5) is 73.7. The highest BCUT2D eigenvalue weighted by Gasteiger charge is 2.56. The summed E-state index contributed by atoms with van der Waals surface area (Å²) in [5.74, 6) is -2.02. The molecule has 266 valence electrons. The maximum atomic E-state index is 14.4. The number of likely N-dealkylation sites (N-methyl/N-ethyl adjacent to an activating group) is 1. The Bertz CT molecular complexity index is 1450. The Labute approximate surface area is 286 Å². The van der Waals surface area contributed by atoms with Gasteiger partial charge in [-0.1, -0.05) is 50.9 Å². The first-order chi connectivity index (χ1) is 22.3. The number of nitrogens with one attached hydrogen (secondary N) is 3. The average Bonchev–Trinajstić information content (AvgIpc) is 3.60. The highest BCUT2D eigenvalue weighted by Crippen LogP contribution is 2.42. The molecule has 4 atom stereocenters. The first-order valence-corrected chi connectivity index (χ1v) is 16.2. The van der Waals surface area contributed by atoms with Crippen LogP contribution in [0.4, 0.5) is 4.79 Å². The van der Waals surface area contributed by atoms with Gasteiger partial charge in [-0.3, -0.25) is 19.2 Å². The normalized spacial score (nSPS) is 20.3. The van der Waals surface area contributed by atoms with Crippen LogP contribution in [0.3, 0.4) is 0 Å². The number of ether oxygens (including phenoxy) is 3. The first-order valence-electron chi connectivity index (χ1n) is 15.8. The Morgan fingerprint density at radius 2 is 1.71 bits per heavy atom. The van der Waals surface area contributed by atoms with Crippen molar-refractivity contribution in [3.05, 3.63) is 22.7 Å². The second kappa shape index (κ2) is 15.0. The van der Waals surface area contributed by atoms with E-state index in [1.165, 1.54) is 26.2 Å². The van der Waals surface area contributed by atoms with Crippen molar-refractivity contribution in [1.82, 2.24) is 20.9 Å². The van der Waals surface area contributed by atoms with Gasteiger partial charge in [-0.25, -0.2) is 4.79 Å². The molecule has 0 saturated carbocycles. The van der Waals surface area contributed by atoms with Gasteiger partial charge in [-0.05, 0) is 38.7 Å². The second-order valence-corrected chi connectivity index (χ2v) is 14.5. The molecule has 1 aromatic rings. The number of oxime groups is 1. The Hall–Kier alpha value is -4.07. The molecular formula is C33H48ClN5O9. The molecule has 2 aliphatic heterocycles. The van der Waals surface area contributed by atoms with Gasteiger partial charge in [-0.2, -0.15) is 0 Å². The van der Waals surface area contributed by atoms with Crippen LogP contribution in [0.25, 0.3) is 0 Å². The summed E-state index contributed by atoms with van der Waals surface area (Å²) in [7, 11) is 4.30. The lowest BCUT2D eigenvalue weighted by Gasteiger charge is -2.36. The topological polar surface area (TPSA) is 174 Å². The van der Waals surface area contributed by atoms with E-state index in [1.807, 2.05) is 6.92 Å². The van der Waals surface area contributed by atoms with E-state index < -0.39 is 64.3 Å². The van der Waals surface area contributed by atoms with Crippen molar-refractivity contribution in [3.63, 3.8) is 0 Å². The van der Waals surface area contributed by atoms with Gasteiger partial charge in [0.25, 0.3) is 5.91 Å². The SMILES string of the molecule is CCC[C@H](NC(=O)[C@@H]1C[C@]2(CC(c3cc(Cl)c(OC)cc3OC)=NO2)CN1C(=O)[C@@H](NC(=O)OC(C)(C)C)C(C)(C)C)C(=O)C(=O)NC. The number of hydrogen-bond acceptors (Lipinski definition) is 10. The van der Waals surface area contributed by atoms with Crippen molar-refractivity contribution in [2.75, 3.05) is 27.8 Å². The zero-order valence-corrected chi connectivity index (χ0v) is 30.1. The molecule has 0 unspecified atom stereocenters. The van der Waals surface area contributed by atoms with Crippen LogP contribution in [0.5, 0.6) is 11.5 Å². The minimum atomic E-state index is -1.15. The molecule has 15 heteroatoms. The van der Waals surface area contributed by atoms with Gasteiger partial charge in [0.2, 0.25) is 17.6 Å². The molecule has 48 heavy (non-hydrogen) atoms. The summed E-state index contributed by atoms with van der Waals surface area (Å²) in [6.45, 7) is 12.2. The van der Waals surface area contributed by atoms with Gasteiger partial charge in [0.1, 0.15) is 29.2 Å². The monoisotopic (exact) mass is 693 g/mol. The first kappa shape index (κ1) is 38.4. The van der Waals surface area contributed by atoms with Crippen LogP contribution < -0.4 is 25.4 Å². The third kappa shape index (κ3) is 8.88. The number of hydrogen-bond donors (Lipinski definition) is 3. The van der Waals surface area contributed by atoms with Crippen molar-refractivity contribution < 1.29 is 43.0 Å². The summed E-state index contributed by atoms with van der Waals surface area (Å²) < 4.78 is 16.3. The Morgan fingerprint density at radius 1 is 1.06 bits per heavy atom. The molecule has 0 radical (unpaired) electrons. The van der Waals surface area contributed by atoms with Crippen LogP contribution in [0.2, 0.25) is 5.02 Å². The largest absolute Gasteiger partial charge is 0.496 e. The van der Waals surface area contributed by atoms with E-state index in [0.717, 1.165) is 0 Å². The fourth-order valence-electron chi connectivity index (χ4n) is 5.71. The van der Waals surface area contributed by atoms with Crippen molar-refractivity contribution in [1.29, 1.82) is 0 Å². The third-order valence-corrected chi connectivity index (χ3v) is 8.34. The summed E-state index contributed by atoms with van der Waals surface area (Å²) in [6.07, 6.45) is 0.0883.